The zero-order valence-electron chi connectivity index (χ0n) is 11.5. The van der Waals surface area contributed by atoms with E-state index < -0.39 is 0 Å². The van der Waals surface area contributed by atoms with Crippen LogP contribution in [0.15, 0.2) is 16.6 Å². The van der Waals surface area contributed by atoms with Gasteiger partial charge < -0.3 is 9.64 Å². The number of carbonyl (C=O) groups excluding carboxylic acids is 1. The first-order chi connectivity index (χ1) is 9.58. The Kier molecular flexibility index (Phi) is 3.69. The molecular weight excluding hydrogens is 322 g/mol. The maximum atomic E-state index is 12.3. The Balaban J connectivity index is 1.63. The highest BCUT2D eigenvalue weighted by Crippen LogP contribution is 2.38. The van der Waals surface area contributed by atoms with Crippen LogP contribution in [0.3, 0.4) is 0 Å². The minimum absolute atomic E-state index is 0.0667. The number of hydrogen-bond donors (Lipinski definition) is 1. The second-order valence-corrected chi connectivity index (χ2v) is 6.52. The molecule has 0 unspecified atom stereocenters. The lowest BCUT2D eigenvalue weighted by Gasteiger charge is -2.22. The van der Waals surface area contributed by atoms with Gasteiger partial charge >= 0.3 is 6.03 Å². The molecule has 108 valence electrons. The van der Waals surface area contributed by atoms with E-state index in [9.17, 15) is 4.79 Å². The average Bonchev–Trinajstić information content (AvgIpc) is 3.05. The Hall–Kier alpha value is -1.14. The summed E-state index contributed by atoms with van der Waals surface area (Å²) in [5.41, 5.74) is 1.06. The van der Waals surface area contributed by atoms with Gasteiger partial charge in [0, 0.05) is 29.6 Å². The van der Waals surface area contributed by atoms with Crippen LogP contribution in [-0.4, -0.2) is 42.2 Å². The third kappa shape index (κ3) is 2.67. The minimum atomic E-state index is -0.0667. The van der Waals surface area contributed by atoms with Gasteiger partial charge in [0.05, 0.1) is 12.3 Å². The molecule has 5 nitrogen and oxygen atoms in total. The summed E-state index contributed by atoms with van der Waals surface area (Å²) >= 11 is 3.40. The Morgan fingerprint density at radius 3 is 3.05 bits per heavy atom. The van der Waals surface area contributed by atoms with Crippen molar-refractivity contribution in [2.45, 2.75) is 19.8 Å². The van der Waals surface area contributed by atoms with Crippen molar-refractivity contribution in [2.24, 2.45) is 5.41 Å². The van der Waals surface area contributed by atoms with Crippen LogP contribution < -0.4 is 5.32 Å². The zero-order valence-corrected chi connectivity index (χ0v) is 13.1. The molecule has 0 radical (unpaired) electrons. The Labute approximate surface area is 126 Å². The van der Waals surface area contributed by atoms with Crippen LogP contribution in [0.1, 0.15) is 18.5 Å². The molecule has 20 heavy (non-hydrogen) atoms. The molecule has 2 saturated heterocycles. The van der Waals surface area contributed by atoms with Crippen LogP contribution >= 0.6 is 15.9 Å². The van der Waals surface area contributed by atoms with Crippen molar-refractivity contribution >= 4 is 27.8 Å². The number of pyridine rings is 1. The highest BCUT2D eigenvalue weighted by molar-refractivity contribution is 9.10. The summed E-state index contributed by atoms with van der Waals surface area (Å²) in [6.07, 6.45) is 2.10. The van der Waals surface area contributed by atoms with E-state index >= 15 is 0 Å². The average molecular weight is 340 g/mol. The molecule has 1 spiro atoms. The molecule has 0 bridgehead atoms. The number of halogens is 1. The number of aromatic nitrogens is 1. The lowest BCUT2D eigenvalue weighted by atomic mass is 9.87. The number of likely N-dealkylation sites (tertiary alicyclic amines) is 1. The Bertz CT molecular complexity index is 529. The number of hydrogen-bond acceptors (Lipinski definition) is 3. The van der Waals surface area contributed by atoms with Crippen LogP contribution in [0.25, 0.3) is 0 Å². The molecule has 3 heterocycles. The lowest BCUT2D eigenvalue weighted by molar-refractivity contribution is 0.154. The first kappa shape index (κ1) is 13.8. The maximum absolute atomic E-state index is 12.3. The number of nitrogens with zero attached hydrogens (tertiary/aromatic N) is 2. The molecule has 1 aromatic heterocycles. The lowest BCUT2D eigenvalue weighted by Crippen LogP contribution is -2.35. The molecule has 3 rings (SSSR count). The van der Waals surface area contributed by atoms with Crippen molar-refractivity contribution in [2.75, 3.05) is 31.6 Å². The molecule has 1 N–H and O–H groups in total. The molecule has 2 aliphatic heterocycles. The number of aryl methyl sites for hydroxylation is 1. The van der Waals surface area contributed by atoms with Gasteiger partial charge in [-0.25, -0.2) is 9.78 Å². The van der Waals surface area contributed by atoms with Crippen LogP contribution in [-0.2, 0) is 4.74 Å². The second-order valence-electron chi connectivity index (χ2n) is 5.67. The number of amides is 2. The fourth-order valence-electron chi connectivity index (χ4n) is 2.88. The van der Waals surface area contributed by atoms with E-state index in [-0.39, 0.29) is 11.4 Å². The smallest absolute Gasteiger partial charge is 0.323 e. The first-order valence-electron chi connectivity index (χ1n) is 6.85. The van der Waals surface area contributed by atoms with E-state index in [1.54, 1.807) is 6.07 Å². The summed E-state index contributed by atoms with van der Waals surface area (Å²) in [4.78, 5) is 18.5. The van der Waals surface area contributed by atoms with Crippen molar-refractivity contribution in [3.8, 4) is 0 Å². The molecule has 2 fully saturated rings. The summed E-state index contributed by atoms with van der Waals surface area (Å²) in [5.74, 6) is 0.597. The number of ether oxygens (including phenoxy) is 1. The fourth-order valence-corrected chi connectivity index (χ4v) is 3.10. The number of urea groups is 1. The number of anilines is 1. The molecule has 6 heteroatoms. The fraction of sp³-hybridized carbons (Fsp3) is 0.571. The van der Waals surface area contributed by atoms with Gasteiger partial charge in [-0.15, -0.1) is 0 Å². The van der Waals surface area contributed by atoms with Crippen molar-refractivity contribution in [1.29, 1.82) is 0 Å². The summed E-state index contributed by atoms with van der Waals surface area (Å²) in [6.45, 7) is 5.09. The minimum Gasteiger partial charge on any atom is -0.381 e. The third-order valence-corrected chi connectivity index (χ3v) is 5.00. The number of carbonyl (C=O) groups is 1. The molecular formula is C14H18BrN3O2. The van der Waals surface area contributed by atoms with E-state index in [1.807, 2.05) is 17.9 Å². The van der Waals surface area contributed by atoms with E-state index in [0.29, 0.717) is 5.82 Å². The molecule has 1 aromatic rings. The molecule has 1 atom stereocenters. The second kappa shape index (κ2) is 5.33. The van der Waals surface area contributed by atoms with Crippen LogP contribution in [0.2, 0.25) is 0 Å². The standard InChI is InChI=1S/C14H18BrN3O2/c1-10-11(15)2-3-12(16-10)17-13(19)18-6-4-14(8-18)5-7-20-9-14/h2-3H,4-9H2,1H3,(H,16,17,19)/t14-/m0/s1. The third-order valence-electron chi connectivity index (χ3n) is 4.17. The zero-order chi connectivity index (χ0) is 14.2. The van der Waals surface area contributed by atoms with Crippen LogP contribution in [0.4, 0.5) is 10.6 Å². The highest BCUT2D eigenvalue weighted by atomic mass is 79.9. The van der Waals surface area contributed by atoms with Crippen LogP contribution in [0, 0.1) is 12.3 Å². The monoisotopic (exact) mass is 339 g/mol. The molecule has 0 aliphatic carbocycles. The summed E-state index contributed by atoms with van der Waals surface area (Å²) in [5, 5.41) is 2.87. The summed E-state index contributed by atoms with van der Waals surface area (Å²) in [6, 6.07) is 3.64. The maximum Gasteiger partial charge on any atom is 0.323 e. The van der Waals surface area contributed by atoms with Crippen LogP contribution in [0.5, 0.6) is 0 Å². The molecule has 2 amide bonds. The van der Waals surface area contributed by atoms with Gasteiger partial charge in [-0.05, 0) is 47.8 Å². The van der Waals surface area contributed by atoms with Crippen molar-refractivity contribution in [1.82, 2.24) is 9.88 Å². The SMILES string of the molecule is Cc1nc(NC(=O)N2CC[C@]3(CCOC3)C2)ccc1Br. The van der Waals surface area contributed by atoms with Gasteiger partial charge in [0.2, 0.25) is 0 Å². The van der Waals surface area contributed by atoms with E-state index in [1.165, 1.54) is 0 Å². The van der Waals surface area contributed by atoms with Gasteiger partial charge in [-0.2, -0.15) is 0 Å². The highest BCUT2D eigenvalue weighted by Gasteiger charge is 2.42. The van der Waals surface area contributed by atoms with Gasteiger partial charge in [0.15, 0.2) is 0 Å². The number of rotatable bonds is 1. The van der Waals surface area contributed by atoms with E-state index in [4.69, 9.17) is 4.74 Å². The molecule has 0 saturated carbocycles. The quantitative estimate of drug-likeness (QED) is 0.855. The summed E-state index contributed by atoms with van der Waals surface area (Å²) < 4.78 is 6.42. The topological polar surface area (TPSA) is 54.5 Å². The molecule has 0 aromatic carbocycles. The van der Waals surface area contributed by atoms with Gasteiger partial charge in [-0.3, -0.25) is 5.32 Å². The largest absolute Gasteiger partial charge is 0.381 e. The Morgan fingerprint density at radius 2 is 2.35 bits per heavy atom. The van der Waals surface area contributed by atoms with Gasteiger partial charge in [-0.1, -0.05) is 0 Å². The normalized spacial score (nSPS) is 25.4. The van der Waals surface area contributed by atoms with Crippen molar-refractivity contribution in [3.63, 3.8) is 0 Å². The van der Waals surface area contributed by atoms with E-state index in [0.717, 1.165) is 49.3 Å². The predicted octanol–water partition coefficient (Wildman–Crippen LogP) is 2.80. The molecule has 2 aliphatic rings. The van der Waals surface area contributed by atoms with Crippen molar-refractivity contribution < 1.29 is 9.53 Å². The Morgan fingerprint density at radius 1 is 1.50 bits per heavy atom. The van der Waals surface area contributed by atoms with Gasteiger partial charge in [0.25, 0.3) is 0 Å². The first-order valence-corrected chi connectivity index (χ1v) is 7.64. The van der Waals surface area contributed by atoms with E-state index in [2.05, 4.69) is 26.2 Å². The van der Waals surface area contributed by atoms with Crippen molar-refractivity contribution in [3.05, 3.63) is 22.3 Å². The van der Waals surface area contributed by atoms with Gasteiger partial charge in [0.1, 0.15) is 5.82 Å². The summed E-state index contributed by atoms with van der Waals surface area (Å²) in [7, 11) is 0. The predicted molar refractivity (Wildman–Crippen MR) is 79.8 cm³/mol. The number of nitrogens with one attached hydrogen (secondary N) is 1.